The molecule has 3 heterocycles. The van der Waals surface area contributed by atoms with Crippen LogP contribution in [0.2, 0.25) is 0 Å². The molecule has 35 heavy (non-hydrogen) atoms. The summed E-state index contributed by atoms with van der Waals surface area (Å²) in [6, 6.07) is -0.187. The molecule has 0 spiro atoms. The highest BCUT2D eigenvalue weighted by atomic mass is 19.4. The van der Waals surface area contributed by atoms with Gasteiger partial charge in [-0.05, 0) is 31.7 Å². The van der Waals surface area contributed by atoms with Crippen molar-refractivity contribution in [2.24, 2.45) is 13.0 Å². The van der Waals surface area contributed by atoms with Crippen LogP contribution in [0.1, 0.15) is 31.2 Å². The number of carbonyl (C=O) groups excluding carboxylic acids is 2. The fraction of sp³-hybridized carbons (Fsp3) is 0.500. The highest BCUT2D eigenvalue weighted by Crippen LogP contribution is 2.31. The van der Waals surface area contributed by atoms with Crippen molar-refractivity contribution in [3.63, 3.8) is 0 Å². The number of carbonyl (C=O) groups is 2. The number of aryl methyl sites for hydroxylation is 1. The van der Waals surface area contributed by atoms with Crippen LogP contribution in [0, 0.1) is 5.92 Å². The van der Waals surface area contributed by atoms with Crippen LogP contribution in [0.25, 0.3) is 0 Å². The molecule has 0 aromatic carbocycles. The number of hydrogen-bond acceptors (Lipinski definition) is 6. The van der Waals surface area contributed by atoms with Crippen molar-refractivity contribution < 1.29 is 22.8 Å². The Morgan fingerprint density at radius 2 is 1.77 bits per heavy atom. The van der Waals surface area contributed by atoms with Crippen molar-refractivity contribution in [1.82, 2.24) is 19.4 Å². The van der Waals surface area contributed by atoms with Gasteiger partial charge in [-0.1, -0.05) is 0 Å². The average molecular weight is 493 g/mol. The summed E-state index contributed by atoms with van der Waals surface area (Å²) in [6.45, 7) is 1.16. The number of urea groups is 1. The third-order valence-corrected chi connectivity index (χ3v) is 6.25. The molecule has 2 aliphatic rings. The Morgan fingerprint density at radius 1 is 1.09 bits per heavy atom. The normalized spacial score (nSPS) is 16.7. The zero-order chi connectivity index (χ0) is 25.3. The van der Waals surface area contributed by atoms with Crippen LogP contribution in [0.5, 0.6) is 0 Å². The van der Waals surface area contributed by atoms with E-state index < -0.39 is 29.0 Å². The first kappa shape index (κ1) is 24.5. The molecule has 1 saturated carbocycles. The molecule has 10 nitrogen and oxygen atoms in total. The van der Waals surface area contributed by atoms with Gasteiger partial charge in [-0.3, -0.25) is 9.59 Å². The number of hydrogen-bond donors (Lipinski definition) is 2. The Labute approximate surface area is 199 Å². The Morgan fingerprint density at radius 3 is 2.34 bits per heavy atom. The van der Waals surface area contributed by atoms with Crippen LogP contribution in [0.4, 0.5) is 35.3 Å². The van der Waals surface area contributed by atoms with Crippen molar-refractivity contribution in [2.75, 3.05) is 35.7 Å². The van der Waals surface area contributed by atoms with Gasteiger partial charge in [0.15, 0.2) is 5.82 Å². The average Bonchev–Trinajstić information content (AvgIpc) is 3.67. The topological polar surface area (TPSA) is 112 Å². The van der Waals surface area contributed by atoms with Gasteiger partial charge in [0.1, 0.15) is 11.5 Å². The number of aromatic nitrogens is 3. The van der Waals surface area contributed by atoms with E-state index in [-0.39, 0.29) is 17.9 Å². The van der Waals surface area contributed by atoms with Gasteiger partial charge in [-0.2, -0.15) is 13.2 Å². The molecular formula is C22H26F3N7O3. The number of nitrogens with one attached hydrogen (secondary N) is 2. The summed E-state index contributed by atoms with van der Waals surface area (Å²) in [7, 11) is 2.74. The summed E-state index contributed by atoms with van der Waals surface area (Å²) in [6.07, 6.45) is 2.12. The molecule has 188 valence electrons. The van der Waals surface area contributed by atoms with E-state index in [4.69, 9.17) is 0 Å². The molecule has 1 aliphatic heterocycles. The maximum Gasteiger partial charge on any atom is 0.417 e. The van der Waals surface area contributed by atoms with E-state index in [1.165, 1.54) is 18.1 Å². The fourth-order valence-electron chi connectivity index (χ4n) is 3.93. The molecule has 2 fully saturated rings. The Bertz CT molecular complexity index is 1150. The van der Waals surface area contributed by atoms with Gasteiger partial charge in [0, 0.05) is 45.3 Å². The van der Waals surface area contributed by atoms with Gasteiger partial charge in [-0.25, -0.2) is 14.8 Å². The summed E-state index contributed by atoms with van der Waals surface area (Å²) in [5.41, 5.74) is -2.18. The first-order valence-corrected chi connectivity index (χ1v) is 11.2. The van der Waals surface area contributed by atoms with Crippen LogP contribution >= 0.6 is 0 Å². The minimum Gasteiger partial charge on any atom is -0.355 e. The molecule has 2 aromatic rings. The number of anilines is 3. The predicted octanol–water partition coefficient (Wildman–Crippen LogP) is 2.68. The summed E-state index contributed by atoms with van der Waals surface area (Å²) in [5.74, 6) is 1.07. The first-order valence-electron chi connectivity index (χ1n) is 11.2. The quantitative estimate of drug-likeness (QED) is 0.663. The number of halogens is 3. The van der Waals surface area contributed by atoms with Gasteiger partial charge in [0.2, 0.25) is 5.91 Å². The van der Waals surface area contributed by atoms with Gasteiger partial charge >= 0.3 is 12.2 Å². The highest BCUT2D eigenvalue weighted by molar-refractivity contribution is 5.93. The van der Waals surface area contributed by atoms with Crippen molar-refractivity contribution >= 4 is 29.3 Å². The van der Waals surface area contributed by atoms with E-state index in [2.05, 4.69) is 20.6 Å². The second kappa shape index (κ2) is 9.55. The zero-order valence-corrected chi connectivity index (χ0v) is 19.3. The zero-order valence-electron chi connectivity index (χ0n) is 19.3. The van der Waals surface area contributed by atoms with Crippen LogP contribution < -0.4 is 21.1 Å². The lowest BCUT2D eigenvalue weighted by atomic mass is 10.0. The van der Waals surface area contributed by atoms with Crippen LogP contribution in [-0.2, 0) is 18.0 Å². The monoisotopic (exact) mass is 493 g/mol. The predicted molar refractivity (Wildman–Crippen MR) is 122 cm³/mol. The first-order chi connectivity index (χ1) is 16.5. The molecule has 13 heteroatoms. The Balaban J connectivity index is 1.33. The number of piperidine rings is 1. The van der Waals surface area contributed by atoms with Gasteiger partial charge in [0.25, 0.3) is 5.56 Å². The van der Waals surface area contributed by atoms with Gasteiger partial charge in [-0.15, -0.1) is 0 Å². The molecule has 1 saturated heterocycles. The number of alkyl halides is 3. The fourth-order valence-corrected chi connectivity index (χ4v) is 3.93. The SMILES string of the molecule is CN(C(=O)Nc1cc(C(F)(F)F)cn(C)c1=O)C1CCN(c2cnc(NC(=O)C3CC3)cn2)CC1. The molecule has 4 rings (SSSR count). The van der Waals surface area contributed by atoms with Crippen molar-refractivity contribution in [2.45, 2.75) is 37.9 Å². The second-order valence-electron chi connectivity index (χ2n) is 8.84. The minimum absolute atomic E-state index is 0.0443. The lowest BCUT2D eigenvalue weighted by Crippen LogP contribution is -2.47. The molecule has 2 aromatic heterocycles. The van der Waals surface area contributed by atoms with E-state index >= 15 is 0 Å². The summed E-state index contributed by atoms with van der Waals surface area (Å²) >= 11 is 0. The lowest BCUT2D eigenvalue weighted by molar-refractivity contribution is -0.138. The van der Waals surface area contributed by atoms with Crippen LogP contribution in [0.3, 0.4) is 0 Å². The summed E-state index contributed by atoms with van der Waals surface area (Å²) in [4.78, 5) is 48.8. The van der Waals surface area contributed by atoms with Crippen molar-refractivity contribution in [3.05, 3.63) is 40.6 Å². The van der Waals surface area contributed by atoms with Crippen LogP contribution in [-0.4, -0.2) is 57.6 Å². The summed E-state index contributed by atoms with van der Waals surface area (Å²) < 4.78 is 40.0. The molecule has 0 radical (unpaired) electrons. The van der Waals surface area contributed by atoms with E-state index in [1.54, 1.807) is 13.2 Å². The van der Waals surface area contributed by atoms with E-state index in [9.17, 15) is 27.6 Å². The highest BCUT2D eigenvalue weighted by Gasteiger charge is 2.33. The number of rotatable bonds is 5. The lowest BCUT2D eigenvalue weighted by Gasteiger charge is -2.37. The smallest absolute Gasteiger partial charge is 0.355 e. The second-order valence-corrected chi connectivity index (χ2v) is 8.84. The largest absolute Gasteiger partial charge is 0.417 e. The van der Waals surface area contributed by atoms with E-state index in [1.807, 2.05) is 4.90 Å². The van der Waals surface area contributed by atoms with Crippen LogP contribution in [0.15, 0.2) is 29.5 Å². The van der Waals surface area contributed by atoms with Crippen molar-refractivity contribution in [3.8, 4) is 0 Å². The third-order valence-electron chi connectivity index (χ3n) is 6.25. The number of amides is 3. The maximum absolute atomic E-state index is 13.1. The Kier molecular flexibility index (Phi) is 6.68. The molecular weight excluding hydrogens is 467 g/mol. The van der Waals surface area contributed by atoms with Crippen molar-refractivity contribution in [1.29, 1.82) is 0 Å². The molecule has 3 amide bonds. The summed E-state index contributed by atoms with van der Waals surface area (Å²) in [5, 5.41) is 5.06. The molecule has 0 atom stereocenters. The van der Waals surface area contributed by atoms with Gasteiger partial charge < -0.3 is 25.0 Å². The Hall–Kier alpha value is -3.64. The molecule has 0 bridgehead atoms. The maximum atomic E-state index is 13.1. The molecule has 1 aliphatic carbocycles. The molecule has 2 N–H and O–H groups in total. The number of pyridine rings is 1. The van der Waals surface area contributed by atoms with Gasteiger partial charge in [0.05, 0.1) is 18.0 Å². The standard InChI is InChI=1S/C22H26F3N7O3/c1-30-12-14(22(23,24)25)9-16(20(30)34)28-21(35)31(2)15-5-7-32(8-6-15)18-11-26-17(10-27-18)29-19(33)13-3-4-13/h9-13,15H,3-8H2,1-2H3,(H,28,35)(H,26,29,33). The molecule has 0 unspecified atom stereocenters. The third kappa shape index (κ3) is 5.72. The van der Waals surface area contributed by atoms with E-state index in [0.29, 0.717) is 49.8 Å². The minimum atomic E-state index is -4.65. The number of nitrogens with zero attached hydrogens (tertiary/aromatic N) is 5. The van der Waals surface area contributed by atoms with E-state index in [0.717, 1.165) is 17.4 Å².